The van der Waals surface area contributed by atoms with Gasteiger partial charge < -0.3 is 20.2 Å². The van der Waals surface area contributed by atoms with E-state index in [0.717, 1.165) is 12.1 Å². The monoisotopic (exact) mass is 449 g/mol. The molecule has 7 nitrogen and oxygen atoms in total. The molecule has 1 aliphatic heterocycles. The average Bonchev–Trinajstić information content (AvgIpc) is 2.78. The molecule has 2 aromatic carbocycles. The number of hydrogen-bond donors (Lipinski definition) is 2. The standard InChI is InChI=1S/C22H22F3N3O4/c23-22(24,25)18-4-2-1-3-17(18)21(32)28-11-9-27(10-12-28)20(31)14-26-19(30)13-15-5-7-16(29)8-6-15/h1-8,29H,9-14H2,(H,26,30). The Balaban J connectivity index is 1.49. The number of aromatic hydroxyl groups is 1. The number of carbonyl (C=O) groups excluding carboxylic acids is 3. The van der Waals surface area contributed by atoms with Gasteiger partial charge in [-0.15, -0.1) is 0 Å². The van der Waals surface area contributed by atoms with Crippen LogP contribution in [-0.2, 0) is 22.2 Å². The second kappa shape index (κ2) is 9.71. The molecule has 1 saturated heterocycles. The van der Waals surface area contributed by atoms with Gasteiger partial charge in [0.25, 0.3) is 5.91 Å². The van der Waals surface area contributed by atoms with E-state index in [9.17, 15) is 32.7 Å². The van der Waals surface area contributed by atoms with Gasteiger partial charge in [-0.25, -0.2) is 0 Å². The lowest BCUT2D eigenvalue weighted by molar-refractivity contribution is -0.138. The van der Waals surface area contributed by atoms with E-state index in [1.807, 2.05) is 0 Å². The van der Waals surface area contributed by atoms with Crippen LogP contribution >= 0.6 is 0 Å². The van der Waals surface area contributed by atoms with E-state index in [-0.39, 0.29) is 56.7 Å². The Bertz CT molecular complexity index is 985. The number of halogens is 3. The van der Waals surface area contributed by atoms with Crippen LogP contribution in [0.3, 0.4) is 0 Å². The van der Waals surface area contributed by atoms with Gasteiger partial charge in [-0.2, -0.15) is 13.2 Å². The minimum absolute atomic E-state index is 0.0501. The van der Waals surface area contributed by atoms with Crippen molar-refractivity contribution in [3.8, 4) is 5.75 Å². The van der Waals surface area contributed by atoms with Gasteiger partial charge in [-0.1, -0.05) is 24.3 Å². The zero-order valence-corrected chi connectivity index (χ0v) is 17.1. The highest BCUT2D eigenvalue weighted by molar-refractivity contribution is 5.96. The quantitative estimate of drug-likeness (QED) is 0.731. The maximum absolute atomic E-state index is 13.2. The average molecular weight is 449 g/mol. The molecule has 1 aliphatic rings. The summed E-state index contributed by atoms with van der Waals surface area (Å²) in [6, 6.07) is 10.7. The van der Waals surface area contributed by atoms with Crippen LogP contribution in [0.2, 0.25) is 0 Å². The predicted molar refractivity (Wildman–Crippen MR) is 109 cm³/mol. The molecule has 170 valence electrons. The molecule has 0 saturated carbocycles. The molecule has 2 N–H and O–H groups in total. The third-order valence-electron chi connectivity index (χ3n) is 5.12. The number of benzene rings is 2. The number of rotatable bonds is 5. The fourth-order valence-corrected chi connectivity index (χ4v) is 3.39. The predicted octanol–water partition coefficient (Wildman–Crippen LogP) is 2.05. The molecule has 3 rings (SSSR count). The summed E-state index contributed by atoms with van der Waals surface area (Å²) in [7, 11) is 0. The Morgan fingerprint density at radius 3 is 2.12 bits per heavy atom. The lowest BCUT2D eigenvalue weighted by atomic mass is 10.1. The van der Waals surface area contributed by atoms with Crippen molar-refractivity contribution >= 4 is 17.7 Å². The van der Waals surface area contributed by atoms with E-state index in [4.69, 9.17) is 0 Å². The smallest absolute Gasteiger partial charge is 0.417 e. The minimum atomic E-state index is -4.64. The minimum Gasteiger partial charge on any atom is -0.508 e. The van der Waals surface area contributed by atoms with Gasteiger partial charge in [0, 0.05) is 26.2 Å². The van der Waals surface area contributed by atoms with Crippen molar-refractivity contribution < 1.29 is 32.7 Å². The lowest BCUT2D eigenvalue weighted by Crippen LogP contribution is -2.52. The van der Waals surface area contributed by atoms with Crippen LogP contribution in [0.15, 0.2) is 48.5 Å². The molecule has 2 aromatic rings. The summed E-state index contributed by atoms with van der Waals surface area (Å²) in [6.45, 7) is 0.289. The number of piperazine rings is 1. The van der Waals surface area contributed by atoms with Crippen molar-refractivity contribution in [2.75, 3.05) is 32.7 Å². The first-order chi connectivity index (χ1) is 15.1. The van der Waals surface area contributed by atoms with E-state index < -0.39 is 23.2 Å². The molecule has 0 aliphatic carbocycles. The van der Waals surface area contributed by atoms with Gasteiger partial charge in [0.05, 0.1) is 24.1 Å². The van der Waals surface area contributed by atoms with E-state index in [2.05, 4.69) is 5.32 Å². The van der Waals surface area contributed by atoms with Crippen molar-refractivity contribution in [3.63, 3.8) is 0 Å². The normalized spacial score (nSPS) is 14.2. The Morgan fingerprint density at radius 1 is 0.906 bits per heavy atom. The van der Waals surface area contributed by atoms with Gasteiger partial charge in [0.1, 0.15) is 5.75 Å². The number of nitrogens with one attached hydrogen (secondary N) is 1. The second-order valence-corrected chi connectivity index (χ2v) is 7.34. The van der Waals surface area contributed by atoms with E-state index in [0.29, 0.717) is 5.56 Å². The fourth-order valence-electron chi connectivity index (χ4n) is 3.39. The van der Waals surface area contributed by atoms with Gasteiger partial charge >= 0.3 is 6.18 Å². The third kappa shape index (κ3) is 5.77. The van der Waals surface area contributed by atoms with Crippen LogP contribution in [0, 0.1) is 0 Å². The Hall–Kier alpha value is -3.56. The van der Waals surface area contributed by atoms with Crippen molar-refractivity contribution in [2.24, 2.45) is 0 Å². The van der Waals surface area contributed by atoms with Crippen LogP contribution in [0.5, 0.6) is 5.75 Å². The number of nitrogens with zero attached hydrogens (tertiary/aromatic N) is 2. The molecular weight excluding hydrogens is 427 g/mol. The van der Waals surface area contributed by atoms with Crippen molar-refractivity contribution in [1.29, 1.82) is 0 Å². The number of amides is 3. The number of alkyl halides is 3. The summed E-state index contributed by atoms with van der Waals surface area (Å²) >= 11 is 0. The van der Waals surface area contributed by atoms with Gasteiger partial charge in [-0.05, 0) is 29.8 Å². The first-order valence-electron chi connectivity index (χ1n) is 9.93. The van der Waals surface area contributed by atoms with Crippen molar-refractivity contribution in [3.05, 3.63) is 65.2 Å². The molecule has 0 radical (unpaired) electrons. The van der Waals surface area contributed by atoms with Crippen LogP contribution in [-0.4, -0.2) is 65.4 Å². The molecule has 3 amide bonds. The van der Waals surface area contributed by atoms with Crippen molar-refractivity contribution in [2.45, 2.75) is 12.6 Å². The molecule has 0 atom stereocenters. The van der Waals surface area contributed by atoms with Gasteiger partial charge in [0.2, 0.25) is 11.8 Å². The highest BCUT2D eigenvalue weighted by Crippen LogP contribution is 2.32. The van der Waals surface area contributed by atoms with Gasteiger partial charge in [0.15, 0.2) is 0 Å². The van der Waals surface area contributed by atoms with Crippen LogP contribution in [0.1, 0.15) is 21.5 Å². The van der Waals surface area contributed by atoms with Crippen LogP contribution in [0.25, 0.3) is 0 Å². The summed E-state index contributed by atoms with van der Waals surface area (Å²) < 4.78 is 39.5. The van der Waals surface area contributed by atoms with Crippen LogP contribution < -0.4 is 5.32 Å². The summed E-state index contributed by atoms with van der Waals surface area (Å²) in [6.07, 6.45) is -4.59. The second-order valence-electron chi connectivity index (χ2n) is 7.34. The zero-order chi connectivity index (χ0) is 23.3. The van der Waals surface area contributed by atoms with E-state index in [1.54, 1.807) is 12.1 Å². The number of phenols is 1. The van der Waals surface area contributed by atoms with Gasteiger partial charge in [-0.3, -0.25) is 14.4 Å². The number of carbonyl (C=O) groups is 3. The van der Waals surface area contributed by atoms with E-state index in [1.165, 1.54) is 34.1 Å². The molecule has 0 bridgehead atoms. The third-order valence-corrected chi connectivity index (χ3v) is 5.12. The summed E-state index contributed by atoms with van der Waals surface area (Å²) in [5.74, 6) is -1.34. The Morgan fingerprint density at radius 2 is 1.50 bits per heavy atom. The molecule has 32 heavy (non-hydrogen) atoms. The summed E-state index contributed by atoms with van der Waals surface area (Å²) in [4.78, 5) is 39.7. The number of phenolic OH excluding ortho intramolecular Hbond substituents is 1. The molecule has 0 unspecified atom stereocenters. The highest BCUT2D eigenvalue weighted by Gasteiger charge is 2.36. The van der Waals surface area contributed by atoms with E-state index >= 15 is 0 Å². The highest BCUT2D eigenvalue weighted by atomic mass is 19.4. The zero-order valence-electron chi connectivity index (χ0n) is 17.1. The molecule has 0 spiro atoms. The fraction of sp³-hybridized carbons (Fsp3) is 0.318. The largest absolute Gasteiger partial charge is 0.508 e. The lowest BCUT2D eigenvalue weighted by Gasteiger charge is -2.35. The maximum Gasteiger partial charge on any atom is 0.417 e. The Labute approximate surface area is 182 Å². The number of hydrogen-bond acceptors (Lipinski definition) is 4. The SMILES string of the molecule is O=C(Cc1ccc(O)cc1)NCC(=O)N1CCN(C(=O)c2ccccc2C(F)(F)F)CC1. The molecule has 0 aromatic heterocycles. The molecule has 10 heteroatoms. The first kappa shape index (κ1) is 23.1. The van der Waals surface area contributed by atoms with Crippen LogP contribution in [0.4, 0.5) is 13.2 Å². The van der Waals surface area contributed by atoms with Crippen molar-refractivity contribution in [1.82, 2.24) is 15.1 Å². The summed E-state index contributed by atoms with van der Waals surface area (Å²) in [5.41, 5.74) is -0.722. The summed E-state index contributed by atoms with van der Waals surface area (Å²) in [5, 5.41) is 11.8. The topological polar surface area (TPSA) is 89.9 Å². The molecule has 1 fully saturated rings. The Kier molecular flexibility index (Phi) is 7.01. The molecular formula is C22H22F3N3O4. The molecule has 1 heterocycles. The first-order valence-corrected chi connectivity index (χ1v) is 9.93. The maximum atomic E-state index is 13.2.